The van der Waals surface area contributed by atoms with Gasteiger partial charge in [-0.3, -0.25) is 0 Å². The number of rotatable bonds is 2. The highest BCUT2D eigenvalue weighted by Crippen LogP contribution is 2.24. The van der Waals surface area contributed by atoms with Gasteiger partial charge in [-0.25, -0.2) is 4.98 Å². The molecule has 1 saturated carbocycles. The average molecular weight is 227 g/mol. The normalized spacial score (nSPS) is 17.7. The van der Waals surface area contributed by atoms with E-state index in [9.17, 15) is 0 Å². The highest BCUT2D eigenvalue weighted by Gasteiger charge is 2.15. The maximum atomic E-state index is 5.97. The minimum Gasteiger partial charge on any atom is -0.368 e. The van der Waals surface area contributed by atoms with Crippen molar-refractivity contribution < 1.29 is 0 Å². The molecule has 1 aromatic heterocycles. The van der Waals surface area contributed by atoms with Crippen molar-refractivity contribution in [3.05, 3.63) is 11.2 Å². The highest BCUT2D eigenvalue weighted by molar-refractivity contribution is 6.32. The zero-order valence-corrected chi connectivity index (χ0v) is 9.30. The third-order valence-electron chi connectivity index (χ3n) is 2.71. The molecule has 1 aromatic rings. The van der Waals surface area contributed by atoms with Crippen molar-refractivity contribution in [1.82, 2.24) is 9.97 Å². The first-order valence-corrected chi connectivity index (χ1v) is 5.68. The molecule has 1 heterocycles. The van der Waals surface area contributed by atoms with Crippen LogP contribution >= 0.6 is 11.6 Å². The number of nitrogens with zero attached hydrogens (tertiary/aromatic N) is 2. The van der Waals surface area contributed by atoms with Crippen LogP contribution in [0.3, 0.4) is 0 Å². The quantitative estimate of drug-likeness (QED) is 0.813. The average Bonchev–Trinajstić information content (AvgIpc) is 2.25. The van der Waals surface area contributed by atoms with Crippen molar-refractivity contribution in [2.24, 2.45) is 0 Å². The highest BCUT2D eigenvalue weighted by atomic mass is 35.5. The van der Waals surface area contributed by atoms with E-state index in [1.807, 2.05) is 0 Å². The molecule has 0 unspecified atom stereocenters. The summed E-state index contributed by atoms with van der Waals surface area (Å²) in [6, 6.07) is 0.477. The van der Waals surface area contributed by atoms with Crippen LogP contribution in [0.5, 0.6) is 0 Å². The van der Waals surface area contributed by atoms with Gasteiger partial charge in [0.1, 0.15) is 5.02 Å². The number of anilines is 2. The number of nitrogens with two attached hydrogens (primary N) is 1. The van der Waals surface area contributed by atoms with E-state index in [0.717, 1.165) is 0 Å². The first-order valence-electron chi connectivity index (χ1n) is 5.30. The number of hydrogen-bond donors (Lipinski definition) is 2. The number of aromatic nitrogens is 2. The second kappa shape index (κ2) is 4.66. The zero-order valence-electron chi connectivity index (χ0n) is 8.54. The van der Waals surface area contributed by atoms with E-state index in [2.05, 4.69) is 15.3 Å². The van der Waals surface area contributed by atoms with Crippen LogP contribution in [0, 0.1) is 0 Å². The fourth-order valence-corrected chi connectivity index (χ4v) is 2.07. The maximum absolute atomic E-state index is 5.97. The first kappa shape index (κ1) is 10.5. The molecule has 0 radical (unpaired) electrons. The molecule has 3 N–H and O–H groups in total. The predicted molar refractivity (Wildman–Crippen MR) is 62.0 cm³/mol. The van der Waals surface area contributed by atoms with E-state index in [1.165, 1.54) is 38.3 Å². The molecule has 1 aliphatic carbocycles. The summed E-state index contributed by atoms with van der Waals surface area (Å²) >= 11 is 5.97. The van der Waals surface area contributed by atoms with Gasteiger partial charge >= 0.3 is 0 Å². The van der Waals surface area contributed by atoms with E-state index < -0.39 is 0 Å². The lowest BCUT2D eigenvalue weighted by Crippen LogP contribution is -2.23. The van der Waals surface area contributed by atoms with E-state index in [1.54, 1.807) is 0 Å². The van der Waals surface area contributed by atoms with Crippen LogP contribution in [-0.4, -0.2) is 16.0 Å². The molecular weight excluding hydrogens is 212 g/mol. The minimum absolute atomic E-state index is 0.262. The lowest BCUT2D eigenvalue weighted by Gasteiger charge is -2.23. The molecule has 0 saturated heterocycles. The van der Waals surface area contributed by atoms with Gasteiger partial charge in [0.05, 0.1) is 6.20 Å². The predicted octanol–water partition coefficient (Wildman–Crippen LogP) is 2.46. The zero-order chi connectivity index (χ0) is 10.7. The van der Waals surface area contributed by atoms with Crippen molar-refractivity contribution in [3.63, 3.8) is 0 Å². The van der Waals surface area contributed by atoms with Gasteiger partial charge < -0.3 is 11.1 Å². The molecule has 0 atom stereocenters. The Bertz CT molecular complexity index is 336. The van der Waals surface area contributed by atoms with Crippen molar-refractivity contribution in [2.75, 3.05) is 11.1 Å². The summed E-state index contributed by atoms with van der Waals surface area (Å²) in [6.45, 7) is 0. The molecule has 5 heteroatoms. The van der Waals surface area contributed by atoms with Crippen LogP contribution in [0.2, 0.25) is 5.02 Å². The lowest BCUT2D eigenvalue weighted by molar-refractivity contribution is 0.462. The summed E-state index contributed by atoms with van der Waals surface area (Å²) in [5.74, 6) is 0.925. The SMILES string of the molecule is Nc1ncc(Cl)c(NC2CCCCC2)n1. The Hall–Kier alpha value is -1.03. The first-order chi connectivity index (χ1) is 7.25. The second-order valence-corrected chi connectivity index (χ2v) is 4.31. The number of nitrogens with one attached hydrogen (secondary N) is 1. The van der Waals surface area contributed by atoms with Gasteiger partial charge in [0.2, 0.25) is 5.95 Å². The van der Waals surface area contributed by atoms with Gasteiger partial charge in [-0.1, -0.05) is 30.9 Å². The van der Waals surface area contributed by atoms with Crippen LogP contribution in [0.4, 0.5) is 11.8 Å². The Balaban J connectivity index is 2.05. The molecule has 15 heavy (non-hydrogen) atoms. The lowest BCUT2D eigenvalue weighted by atomic mass is 9.95. The number of hydrogen-bond acceptors (Lipinski definition) is 4. The molecule has 82 valence electrons. The summed E-state index contributed by atoms with van der Waals surface area (Å²) in [4.78, 5) is 7.92. The van der Waals surface area contributed by atoms with Gasteiger partial charge in [0, 0.05) is 6.04 Å². The summed E-state index contributed by atoms with van der Waals surface area (Å²) in [5.41, 5.74) is 5.51. The van der Waals surface area contributed by atoms with Crippen molar-refractivity contribution >= 4 is 23.4 Å². The van der Waals surface area contributed by atoms with Crippen LogP contribution in [0.1, 0.15) is 32.1 Å². The van der Waals surface area contributed by atoms with Crippen LogP contribution < -0.4 is 11.1 Å². The van der Waals surface area contributed by atoms with E-state index in [0.29, 0.717) is 16.9 Å². The topological polar surface area (TPSA) is 63.8 Å². The smallest absolute Gasteiger partial charge is 0.222 e. The summed E-state index contributed by atoms with van der Waals surface area (Å²) < 4.78 is 0. The van der Waals surface area contributed by atoms with Crippen LogP contribution in [0.25, 0.3) is 0 Å². The fourth-order valence-electron chi connectivity index (χ4n) is 1.92. The minimum atomic E-state index is 0.262. The number of nitrogen functional groups attached to an aromatic ring is 1. The van der Waals surface area contributed by atoms with Gasteiger partial charge in [0.15, 0.2) is 5.82 Å². The monoisotopic (exact) mass is 226 g/mol. The van der Waals surface area contributed by atoms with E-state index in [-0.39, 0.29) is 5.95 Å². The molecule has 1 fully saturated rings. The van der Waals surface area contributed by atoms with Crippen molar-refractivity contribution in [3.8, 4) is 0 Å². The van der Waals surface area contributed by atoms with Gasteiger partial charge in [0.25, 0.3) is 0 Å². The molecule has 4 nitrogen and oxygen atoms in total. The largest absolute Gasteiger partial charge is 0.368 e. The van der Waals surface area contributed by atoms with Crippen LogP contribution in [0.15, 0.2) is 6.20 Å². The molecular formula is C10H15ClN4. The third kappa shape index (κ3) is 2.72. The Labute approximate surface area is 94.2 Å². The van der Waals surface area contributed by atoms with Crippen molar-refractivity contribution in [2.45, 2.75) is 38.1 Å². The van der Waals surface area contributed by atoms with Gasteiger partial charge in [-0.15, -0.1) is 0 Å². The second-order valence-electron chi connectivity index (χ2n) is 3.90. The van der Waals surface area contributed by atoms with Gasteiger partial charge in [-0.2, -0.15) is 4.98 Å². The Kier molecular flexibility index (Phi) is 3.26. The van der Waals surface area contributed by atoms with E-state index in [4.69, 9.17) is 17.3 Å². The third-order valence-corrected chi connectivity index (χ3v) is 2.99. The summed E-state index contributed by atoms with van der Waals surface area (Å²) in [6.07, 6.45) is 7.78. The number of halogens is 1. The van der Waals surface area contributed by atoms with Gasteiger partial charge in [-0.05, 0) is 12.8 Å². The molecule has 0 amide bonds. The summed E-state index contributed by atoms with van der Waals surface area (Å²) in [5, 5.41) is 3.86. The molecule has 0 aromatic carbocycles. The van der Waals surface area contributed by atoms with Crippen molar-refractivity contribution in [1.29, 1.82) is 0 Å². The maximum Gasteiger partial charge on any atom is 0.222 e. The van der Waals surface area contributed by atoms with Crippen LogP contribution in [-0.2, 0) is 0 Å². The van der Waals surface area contributed by atoms with E-state index >= 15 is 0 Å². The molecule has 0 bridgehead atoms. The fraction of sp³-hybridized carbons (Fsp3) is 0.600. The Morgan fingerprint density at radius 1 is 1.33 bits per heavy atom. The standard InChI is InChI=1S/C10H15ClN4/c11-8-6-13-10(12)15-9(8)14-7-4-2-1-3-5-7/h6-7H,1-5H2,(H3,12,13,14,15). The summed E-state index contributed by atoms with van der Waals surface area (Å²) in [7, 11) is 0. The molecule has 2 rings (SSSR count). The molecule has 0 aliphatic heterocycles. The molecule has 1 aliphatic rings. The molecule has 0 spiro atoms. The Morgan fingerprint density at radius 3 is 2.80 bits per heavy atom. The Morgan fingerprint density at radius 2 is 2.07 bits per heavy atom.